The number of ether oxygens (including phenoxy) is 1. The van der Waals surface area contributed by atoms with Gasteiger partial charge >= 0.3 is 0 Å². The first-order valence-electron chi connectivity index (χ1n) is 6.98. The highest BCUT2D eigenvalue weighted by Gasteiger charge is 2.20. The van der Waals surface area contributed by atoms with Crippen molar-refractivity contribution < 1.29 is 4.74 Å². The lowest BCUT2D eigenvalue weighted by Crippen LogP contribution is -2.29. The molecular weight excluding hydrogens is 254 g/mol. The quantitative estimate of drug-likeness (QED) is 0.893. The molecule has 1 aromatic carbocycles. The summed E-state index contributed by atoms with van der Waals surface area (Å²) in [5.41, 5.74) is 2.07. The number of hydrogen-bond acceptors (Lipinski definition) is 5. The number of rotatable bonds is 4. The highest BCUT2D eigenvalue weighted by molar-refractivity contribution is 5.61. The summed E-state index contributed by atoms with van der Waals surface area (Å²) in [6.07, 6.45) is 4.96. The van der Waals surface area contributed by atoms with Crippen molar-refractivity contribution in [2.45, 2.75) is 37.8 Å². The smallest absolute Gasteiger partial charge is 0.204 e. The number of aromatic amines is 1. The van der Waals surface area contributed by atoms with Crippen molar-refractivity contribution in [3.05, 3.63) is 24.3 Å². The summed E-state index contributed by atoms with van der Waals surface area (Å²) in [5, 5.41) is 17.7. The number of nitrogens with zero attached hydrogens (tertiary/aromatic N) is 3. The molecule has 6 heteroatoms. The van der Waals surface area contributed by atoms with Gasteiger partial charge in [0, 0.05) is 24.4 Å². The highest BCUT2D eigenvalue weighted by Crippen LogP contribution is 2.25. The van der Waals surface area contributed by atoms with E-state index in [0.29, 0.717) is 18.0 Å². The van der Waals surface area contributed by atoms with Crippen LogP contribution in [-0.4, -0.2) is 39.9 Å². The van der Waals surface area contributed by atoms with Gasteiger partial charge in [0.05, 0.1) is 6.10 Å². The molecule has 1 aliphatic rings. The van der Waals surface area contributed by atoms with Gasteiger partial charge in [0.2, 0.25) is 5.82 Å². The number of hydrogen-bond donors (Lipinski definition) is 2. The van der Waals surface area contributed by atoms with E-state index in [1.165, 1.54) is 0 Å². The maximum atomic E-state index is 5.40. The lowest BCUT2D eigenvalue weighted by Gasteiger charge is -2.29. The Bertz CT molecular complexity index is 534. The van der Waals surface area contributed by atoms with Gasteiger partial charge in [-0.2, -0.15) is 5.21 Å². The molecule has 2 N–H and O–H groups in total. The number of benzene rings is 1. The second-order valence-electron chi connectivity index (χ2n) is 5.17. The van der Waals surface area contributed by atoms with E-state index in [1.54, 1.807) is 7.11 Å². The Morgan fingerprint density at radius 1 is 1.25 bits per heavy atom. The Balaban J connectivity index is 1.65. The molecule has 6 nitrogen and oxygen atoms in total. The summed E-state index contributed by atoms with van der Waals surface area (Å²) >= 11 is 0. The van der Waals surface area contributed by atoms with Crippen LogP contribution in [0.1, 0.15) is 25.7 Å². The number of nitrogens with one attached hydrogen (secondary N) is 2. The predicted octanol–water partition coefficient (Wildman–Crippen LogP) is 2.24. The molecule has 3 rings (SSSR count). The molecule has 0 amide bonds. The Labute approximate surface area is 117 Å². The summed E-state index contributed by atoms with van der Waals surface area (Å²) in [5.74, 6) is 0.622. The van der Waals surface area contributed by atoms with Gasteiger partial charge in [-0.25, -0.2) is 0 Å². The van der Waals surface area contributed by atoms with Crippen molar-refractivity contribution in [1.29, 1.82) is 0 Å². The van der Waals surface area contributed by atoms with E-state index in [1.807, 2.05) is 12.1 Å². The first-order valence-corrected chi connectivity index (χ1v) is 6.98. The second kappa shape index (κ2) is 6.00. The Kier molecular flexibility index (Phi) is 3.92. The summed E-state index contributed by atoms with van der Waals surface area (Å²) in [7, 11) is 1.80. The number of H-pyrrole nitrogens is 1. The van der Waals surface area contributed by atoms with E-state index < -0.39 is 0 Å². The predicted molar refractivity (Wildman–Crippen MR) is 76.3 cm³/mol. The van der Waals surface area contributed by atoms with Crippen LogP contribution in [0.5, 0.6) is 0 Å². The topological polar surface area (TPSA) is 75.7 Å². The molecule has 1 heterocycles. The third-order valence-corrected chi connectivity index (χ3v) is 3.84. The van der Waals surface area contributed by atoms with Crippen LogP contribution in [0.25, 0.3) is 11.4 Å². The standard InChI is InChI=1S/C14H19N5O/c1-20-13-7-5-11(6-8-13)15-12-4-2-3-10(9-12)14-16-18-19-17-14/h2-4,9,11,13,15H,5-8H2,1H3,(H,16,17,18,19). The monoisotopic (exact) mass is 273 g/mol. The lowest BCUT2D eigenvalue weighted by molar-refractivity contribution is 0.0682. The first-order chi connectivity index (χ1) is 9.85. The average Bonchev–Trinajstić information content (AvgIpc) is 3.03. The minimum atomic E-state index is 0.429. The summed E-state index contributed by atoms with van der Waals surface area (Å²) < 4.78 is 5.40. The van der Waals surface area contributed by atoms with Gasteiger partial charge in [0.15, 0.2) is 0 Å². The fourth-order valence-electron chi connectivity index (χ4n) is 2.71. The fraction of sp³-hybridized carbons (Fsp3) is 0.500. The molecule has 2 aromatic rings. The number of tetrazole rings is 1. The van der Waals surface area contributed by atoms with Crippen molar-refractivity contribution in [3.63, 3.8) is 0 Å². The summed E-state index contributed by atoms with van der Waals surface area (Å²) in [6.45, 7) is 0. The van der Waals surface area contributed by atoms with E-state index >= 15 is 0 Å². The van der Waals surface area contributed by atoms with Crippen LogP contribution in [0.3, 0.4) is 0 Å². The van der Waals surface area contributed by atoms with Crippen LogP contribution >= 0.6 is 0 Å². The normalized spacial score (nSPS) is 22.6. The zero-order valence-corrected chi connectivity index (χ0v) is 11.5. The van der Waals surface area contributed by atoms with Crippen molar-refractivity contribution in [2.24, 2.45) is 0 Å². The number of aromatic nitrogens is 4. The van der Waals surface area contributed by atoms with E-state index in [0.717, 1.165) is 36.9 Å². The number of anilines is 1. The van der Waals surface area contributed by atoms with Crippen LogP contribution < -0.4 is 5.32 Å². The fourth-order valence-corrected chi connectivity index (χ4v) is 2.71. The van der Waals surface area contributed by atoms with Crippen LogP contribution in [0.2, 0.25) is 0 Å². The van der Waals surface area contributed by atoms with Gasteiger partial charge in [-0.1, -0.05) is 12.1 Å². The van der Waals surface area contributed by atoms with Gasteiger partial charge in [-0.15, -0.1) is 10.2 Å². The van der Waals surface area contributed by atoms with Crippen molar-refractivity contribution in [3.8, 4) is 11.4 Å². The van der Waals surface area contributed by atoms with Crippen molar-refractivity contribution in [1.82, 2.24) is 20.6 Å². The highest BCUT2D eigenvalue weighted by atomic mass is 16.5. The molecule has 0 radical (unpaired) electrons. The molecule has 1 saturated carbocycles. The molecule has 0 aliphatic heterocycles. The molecule has 0 saturated heterocycles. The minimum Gasteiger partial charge on any atom is -0.382 e. The molecule has 0 unspecified atom stereocenters. The molecule has 1 aliphatic carbocycles. The summed E-state index contributed by atoms with van der Waals surface area (Å²) in [6, 6.07) is 8.65. The molecule has 0 atom stereocenters. The zero-order valence-electron chi connectivity index (χ0n) is 11.5. The van der Waals surface area contributed by atoms with Crippen LogP contribution in [0, 0.1) is 0 Å². The third-order valence-electron chi connectivity index (χ3n) is 3.84. The Morgan fingerprint density at radius 2 is 2.10 bits per heavy atom. The van der Waals surface area contributed by atoms with Gasteiger partial charge in [-0.05, 0) is 43.0 Å². The maximum Gasteiger partial charge on any atom is 0.204 e. The summed E-state index contributed by atoms with van der Waals surface area (Å²) in [4.78, 5) is 0. The van der Waals surface area contributed by atoms with Crippen molar-refractivity contribution in [2.75, 3.05) is 12.4 Å². The Hall–Kier alpha value is -1.95. The minimum absolute atomic E-state index is 0.429. The first kappa shape index (κ1) is 13.1. The molecule has 20 heavy (non-hydrogen) atoms. The maximum absolute atomic E-state index is 5.40. The molecule has 1 fully saturated rings. The van der Waals surface area contributed by atoms with E-state index in [4.69, 9.17) is 4.74 Å². The second-order valence-corrected chi connectivity index (χ2v) is 5.17. The van der Waals surface area contributed by atoms with Crippen LogP contribution in [0.15, 0.2) is 24.3 Å². The molecule has 0 bridgehead atoms. The van der Waals surface area contributed by atoms with Gasteiger partial charge in [-0.3, -0.25) is 0 Å². The van der Waals surface area contributed by atoms with Crippen LogP contribution in [0.4, 0.5) is 5.69 Å². The van der Waals surface area contributed by atoms with Gasteiger partial charge in [0.1, 0.15) is 0 Å². The van der Waals surface area contributed by atoms with E-state index in [9.17, 15) is 0 Å². The Morgan fingerprint density at radius 3 is 2.80 bits per heavy atom. The molecular formula is C14H19N5O. The average molecular weight is 273 g/mol. The largest absolute Gasteiger partial charge is 0.382 e. The van der Waals surface area contributed by atoms with Gasteiger partial charge < -0.3 is 10.1 Å². The van der Waals surface area contributed by atoms with Crippen molar-refractivity contribution >= 4 is 5.69 Å². The van der Waals surface area contributed by atoms with E-state index in [2.05, 4.69) is 38.1 Å². The zero-order chi connectivity index (χ0) is 13.8. The molecule has 0 spiro atoms. The SMILES string of the molecule is COC1CCC(Nc2cccc(-c3nn[nH]n3)c2)CC1. The van der Waals surface area contributed by atoms with E-state index in [-0.39, 0.29) is 0 Å². The molecule has 106 valence electrons. The van der Waals surface area contributed by atoms with Gasteiger partial charge in [0.25, 0.3) is 0 Å². The molecule has 1 aromatic heterocycles. The third kappa shape index (κ3) is 2.96. The number of methoxy groups -OCH3 is 1. The van der Waals surface area contributed by atoms with Crippen LogP contribution in [-0.2, 0) is 4.74 Å². The lowest BCUT2D eigenvalue weighted by atomic mass is 9.93.